The van der Waals surface area contributed by atoms with Crippen LogP contribution in [0, 0.1) is 11.3 Å². The number of nitriles is 1. The predicted molar refractivity (Wildman–Crippen MR) is 116 cm³/mol. The molecule has 5 rings (SSSR count). The van der Waals surface area contributed by atoms with Gasteiger partial charge in [0.25, 0.3) is 0 Å². The average molecular weight is 399 g/mol. The summed E-state index contributed by atoms with van der Waals surface area (Å²) in [6.45, 7) is 3.45. The molecule has 2 fully saturated rings. The van der Waals surface area contributed by atoms with E-state index in [1.54, 1.807) is 0 Å². The lowest BCUT2D eigenvalue weighted by atomic mass is 9.85. The van der Waals surface area contributed by atoms with Crippen LogP contribution in [-0.4, -0.2) is 36.1 Å². The molecular weight excluding hydrogens is 372 g/mol. The summed E-state index contributed by atoms with van der Waals surface area (Å²) in [5, 5.41) is 9.56. The highest BCUT2D eigenvalue weighted by Crippen LogP contribution is 2.38. The van der Waals surface area contributed by atoms with Gasteiger partial charge >= 0.3 is 0 Å². The topological polar surface area (TPSA) is 56.3 Å². The normalized spacial score (nSPS) is 17.7. The summed E-state index contributed by atoms with van der Waals surface area (Å²) >= 11 is 0. The van der Waals surface area contributed by atoms with Crippen molar-refractivity contribution in [2.75, 3.05) is 31.1 Å². The molecule has 2 heterocycles. The minimum atomic E-state index is 0.227. The van der Waals surface area contributed by atoms with E-state index in [1.807, 2.05) is 0 Å². The van der Waals surface area contributed by atoms with Crippen molar-refractivity contribution in [1.29, 1.82) is 5.26 Å². The van der Waals surface area contributed by atoms with Crippen molar-refractivity contribution in [3.05, 3.63) is 83.4 Å². The minimum Gasteiger partial charge on any atom is -0.423 e. The van der Waals surface area contributed by atoms with E-state index in [0.717, 1.165) is 44.9 Å². The van der Waals surface area contributed by atoms with Gasteiger partial charge in [0.15, 0.2) is 0 Å². The highest BCUT2D eigenvalue weighted by molar-refractivity contribution is 5.49. The monoisotopic (exact) mass is 398 g/mol. The summed E-state index contributed by atoms with van der Waals surface area (Å²) < 4.78 is 6.09. The van der Waals surface area contributed by atoms with Gasteiger partial charge in [0, 0.05) is 32.1 Å². The van der Waals surface area contributed by atoms with Crippen molar-refractivity contribution >= 4 is 5.88 Å². The fourth-order valence-corrected chi connectivity index (χ4v) is 4.51. The Labute approximate surface area is 177 Å². The molecule has 152 valence electrons. The van der Waals surface area contributed by atoms with Crippen LogP contribution in [0.4, 0.5) is 5.88 Å². The number of anilines is 1. The zero-order valence-corrected chi connectivity index (χ0v) is 17.1. The summed E-state index contributed by atoms with van der Waals surface area (Å²) in [6, 6.07) is 23.9. The van der Waals surface area contributed by atoms with Crippen molar-refractivity contribution in [2.45, 2.75) is 31.2 Å². The van der Waals surface area contributed by atoms with Crippen LogP contribution in [0.15, 0.2) is 65.1 Å². The maximum absolute atomic E-state index is 9.56. The lowest BCUT2D eigenvalue weighted by molar-refractivity contribution is 0.208. The van der Waals surface area contributed by atoms with Crippen LogP contribution in [-0.2, 0) is 0 Å². The van der Waals surface area contributed by atoms with Gasteiger partial charge in [0.05, 0.1) is 6.04 Å². The molecule has 0 N–H and O–H groups in total. The number of benzene rings is 2. The molecule has 5 heteroatoms. The van der Waals surface area contributed by atoms with Crippen LogP contribution in [0.3, 0.4) is 0 Å². The van der Waals surface area contributed by atoms with Crippen molar-refractivity contribution in [2.24, 2.45) is 0 Å². The van der Waals surface area contributed by atoms with Crippen LogP contribution >= 0.6 is 0 Å². The first kappa shape index (κ1) is 18.9. The fourth-order valence-electron chi connectivity index (χ4n) is 4.51. The largest absolute Gasteiger partial charge is 0.423 e. The Morgan fingerprint density at radius 3 is 2.00 bits per heavy atom. The smallest absolute Gasteiger partial charge is 0.234 e. The number of piperazine rings is 1. The molecule has 0 bridgehead atoms. The SMILES string of the molecule is N#Cc1nc(C2CCC2)oc1N1CCN(C(c2ccccc2)c2ccccc2)CC1. The van der Waals surface area contributed by atoms with Gasteiger partial charge in [0.1, 0.15) is 6.07 Å². The van der Waals surface area contributed by atoms with Crippen LogP contribution < -0.4 is 4.90 Å². The zero-order chi connectivity index (χ0) is 20.3. The molecule has 0 unspecified atom stereocenters. The van der Waals surface area contributed by atoms with E-state index >= 15 is 0 Å². The lowest BCUT2D eigenvalue weighted by Crippen LogP contribution is -2.48. The third kappa shape index (κ3) is 3.59. The Morgan fingerprint density at radius 2 is 1.50 bits per heavy atom. The molecule has 0 amide bonds. The van der Waals surface area contributed by atoms with Crippen molar-refractivity contribution in [3.63, 3.8) is 0 Å². The molecular formula is C25H26N4O. The van der Waals surface area contributed by atoms with Gasteiger partial charge in [-0.15, -0.1) is 0 Å². The fraction of sp³-hybridized carbons (Fsp3) is 0.360. The second-order valence-corrected chi connectivity index (χ2v) is 8.19. The summed E-state index contributed by atoms with van der Waals surface area (Å²) in [4.78, 5) is 9.21. The molecule has 2 aromatic carbocycles. The first-order chi connectivity index (χ1) is 14.8. The van der Waals surface area contributed by atoms with Crippen LogP contribution in [0.5, 0.6) is 0 Å². The van der Waals surface area contributed by atoms with Crippen LogP contribution in [0.2, 0.25) is 0 Å². The summed E-state index contributed by atoms with van der Waals surface area (Å²) in [7, 11) is 0. The molecule has 0 spiro atoms. The number of rotatable bonds is 5. The molecule has 5 nitrogen and oxygen atoms in total. The number of aromatic nitrogens is 1. The Hall–Kier alpha value is -3.10. The Morgan fingerprint density at radius 1 is 0.900 bits per heavy atom. The van der Waals surface area contributed by atoms with E-state index in [1.165, 1.54) is 17.5 Å². The molecule has 1 aromatic heterocycles. The quantitative estimate of drug-likeness (QED) is 0.622. The number of oxazole rings is 1. The van der Waals surface area contributed by atoms with Crippen LogP contribution in [0.25, 0.3) is 0 Å². The van der Waals surface area contributed by atoms with Gasteiger partial charge in [-0.05, 0) is 24.0 Å². The molecule has 1 saturated carbocycles. The molecule has 2 aliphatic rings. The maximum Gasteiger partial charge on any atom is 0.234 e. The predicted octanol–water partition coefficient (Wildman–Crippen LogP) is 4.73. The molecule has 0 atom stereocenters. The van der Waals surface area contributed by atoms with Gasteiger partial charge in [-0.2, -0.15) is 5.26 Å². The summed E-state index contributed by atoms with van der Waals surface area (Å²) in [5.41, 5.74) is 3.05. The molecule has 0 radical (unpaired) electrons. The number of hydrogen-bond acceptors (Lipinski definition) is 5. The summed E-state index contributed by atoms with van der Waals surface area (Å²) in [6.07, 6.45) is 3.46. The second kappa shape index (κ2) is 8.33. The van der Waals surface area contributed by atoms with E-state index in [-0.39, 0.29) is 6.04 Å². The van der Waals surface area contributed by atoms with E-state index in [0.29, 0.717) is 17.5 Å². The molecule has 3 aromatic rings. The highest BCUT2D eigenvalue weighted by Gasteiger charge is 2.31. The molecule has 1 saturated heterocycles. The standard InChI is InChI=1S/C25H26N4O/c26-18-22-25(30-24(27-22)21-12-7-13-21)29-16-14-28(15-17-29)23(19-8-3-1-4-9-19)20-10-5-2-6-11-20/h1-6,8-11,21,23H,7,12-17H2. The van der Waals surface area contributed by atoms with E-state index in [2.05, 4.69) is 81.5 Å². The Balaban J connectivity index is 1.35. The molecule has 1 aliphatic heterocycles. The lowest BCUT2D eigenvalue weighted by Gasteiger charge is -2.39. The van der Waals surface area contributed by atoms with E-state index in [9.17, 15) is 5.26 Å². The van der Waals surface area contributed by atoms with Gasteiger partial charge in [-0.3, -0.25) is 4.90 Å². The van der Waals surface area contributed by atoms with Gasteiger partial charge < -0.3 is 9.32 Å². The first-order valence-corrected chi connectivity index (χ1v) is 10.8. The van der Waals surface area contributed by atoms with Crippen LogP contribution in [0.1, 0.15) is 53.9 Å². The first-order valence-electron chi connectivity index (χ1n) is 10.8. The van der Waals surface area contributed by atoms with Gasteiger partial charge in [-0.1, -0.05) is 67.1 Å². The van der Waals surface area contributed by atoms with Crippen molar-refractivity contribution in [3.8, 4) is 6.07 Å². The van der Waals surface area contributed by atoms with Gasteiger partial charge in [0.2, 0.25) is 17.5 Å². The number of hydrogen-bond donors (Lipinski definition) is 0. The Kier molecular flexibility index (Phi) is 5.25. The second-order valence-electron chi connectivity index (χ2n) is 8.19. The van der Waals surface area contributed by atoms with Crippen molar-refractivity contribution < 1.29 is 4.42 Å². The minimum absolute atomic E-state index is 0.227. The van der Waals surface area contributed by atoms with Crippen molar-refractivity contribution in [1.82, 2.24) is 9.88 Å². The summed E-state index contributed by atoms with van der Waals surface area (Å²) in [5.74, 6) is 1.81. The van der Waals surface area contributed by atoms with Gasteiger partial charge in [-0.25, -0.2) is 4.98 Å². The highest BCUT2D eigenvalue weighted by atomic mass is 16.4. The molecule has 30 heavy (non-hydrogen) atoms. The van der Waals surface area contributed by atoms with E-state index in [4.69, 9.17) is 4.42 Å². The maximum atomic E-state index is 9.56. The third-order valence-corrected chi connectivity index (χ3v) is 6.38. The van der Waals surface area contributed by atoms with E-state index < -0.39 is 0 Å². The molecule has 1 aliphatic carbocycles. The average Bonchev–Trinajstić information content (AvgIpc) is 3.18. The number of nitrogens with zero attached hydrogens (tertiary/aromatic N) is 4. The third-order valence-electron chi connectivity index (χ3n) is 6.38. The Bertz CT molecular complexity index is 973. The zero-order valence-electron chi connectivity index (χ0n) is 17.1.